The SMILES string of the molecule is Oc1c(Br)cc(Br)c(-c2cccc3cccnc23)c1Br. The van der Waals surface area contributed by atoms with Crippen LogP contribution >= 0.6 is 47.8 Å². The minimum Gasteiger partial charge on any atom is -0.506 e. The Morgan fingerprint density at radius 1 is 0.950 bits per heavy atom. The first-order chi connectivity index (χ1) is 9.59. The van der Waals surface area contributed by atoms with Gasteiger partial charge in [0, 0.05) is 27.2 Å². The second-order valence-electron chi connectivity index (χ2n) is 4.26. The van der Waals surface area contributed by atoms with E-state index in [1.54, 1.807) is 6.20 Å². The fourth-order valence-corrected chi connectivity index (χ4v) is 4.68. The molecule has 1 N–H and O–H groups in total. The quantitative estimate of drug-likeness (QED) is 0.494. The molecule has 0 unspecified atom stereocenters. The molecule has 0 saturated carbocycles. The lowest BCUT2D eigenvalue weighted by Gasteiger charge is -2.12. The topological polar surface area (TPSA) is 33.1 Å². The van der Waals surface area contributed by atoms with Gasteiger partial charge in [0.25, 0.3) is 0 Å². The van der Waals surface area contributed by atoms with Gasteiger partial charge in [-0.1, -0.05) is 40.2 Å². The number of aromatic nitrogens is 1. The van der Waals surface area contributed by atoms with Crippen LogP contribution in [0.15, 0.2) is 56.0 Å². The molecule has 100 valence electrons. The number of hydrogen-bond donors (Lipinski definition) is 1. The lowest BCUT2D eigenvalue weighted by atomic mass is 10.0. The van der Waals surface area contributed by atoms with Crippen LogP contribution in [0.5, 0.6) is 5.75 Å². The van der Waals surface area contributed by atoms with E-state index in [4.69, 9.17) is 0 Å². The molecule has 0 atom stereocenters. The van der Waals surface area contributed by atoms with E-state index in [0.29, 0.717) is 8.95 Å². The fraction of sp³-hybridized carbons (Fsp3) is 0. The molecule has 0 aliphatic heterocycles. The van der Waals surface area contributed by atoms with Crippen LogP contribution in [-0.2, 0) is 0 Å². The number of fused-ring (bicyclic) bond motifs is 1. The van der Waals surface area contributed by atoms with Gasteiger partial charge in [-0.15, -0.1) is 0 Å². The van der Waals surface area contributed by atoms with Gasteiger partial charge in [0.2, 0.25) is 0 Å². The van der Waals surface area contributed by atoms with Crippen molar-refractivity contribution < 1.29 is 5.11 Å². The van der Waals surface area contributed by atoms with Gasteiger partial charge in [-0.25, -0.2) is 0 Å². The van der Waals surface area contributed by atoms with Crippen molar-refractivity contribution >= 4 is 58.7 Å². The normalized spacial score (nSPS) is 10.9. The van der Waals surface area contributed by atoms with E-state index < -0.39 is 0 Å². The molecule has 1 aromatic heterocycles. The van der Waals surface area contributed by atoms with Gasteiger partial charge in [-0.3, -0.25) is 4.98 Å². The van der Waals surface area contributed by atoms with Gasteiger partial charge in [-0.2, -0.15) is 0 Å². The van der Waals surface area contributed by atoms with Crippen molar-refractivity contribution in [3.05, 3.63) is 56.0 Å². The summed E-state index contributed by atoms with van der Waals surface area (Å²) < 4.78 is 2.15. The Bertz CT molecular complexity index is 812. The second kappa shape index (κ2) is 5.47. The van der Waals surface area contributed by atoms with Gasteiger partial charge in [0.05, 0.1) is 14.5 Å². The number of benzene rings is 2. The third-order valence-corrected chi connectivity index (χ3v) is 5.05. The van der Waals surface area contributed by atoms with Crippen molar-refractivity contribution in [1.29, 1.82) is 0 Å². The number of para-hydroxylation sites is 1. The Labute approximate surface area is 141 Å². The maximum Gasteiger partial charge on any atom is 0.144 e. The van der Waals surface area contributed by atoms with Crippen LogP contribution in [0.25, 0.3) is 22.0 Å². The van der Waals surface area contributed by atoms with E-state index in [0.717, 1.165) is 26.5 Å². The molecule has 0 spiro atoms. The zero-order chi connectivity index (χ0) is 14.3. The number of phenols is 1. The van der Waals surface area contributed by atoms with Crippen LogP contribution in [0.3, 0.4) is 0 Å². The maximum absolute atomic E-state index is 10.1. The number of nitrogens with zero attached hydrogens (tertiary/aromatic N) is 1. The Kier molecular flexibility index (Phi) is 3.84. The average Bonchev–Trinajstić information content (AvgIpc) is 2.45. The first-order valence-corrected chi connectivity index (χ1v) is 8.18. The molecule has 0 radical (unpaired) electrons. The number of phenolic OH excluding ortho intramolecular Hbond substituents is 1. The summed E-state index contributed by atoms with van der Waals surface area (Å²) >= 11 is 10.3. The van der Waals surface area contributed by atoms with Crippen molar-refractivity contribution in [3.8, 4) is 16.9 Å². The van der Waals surface area contributed by atoms with Crippen LogP contribution in [-0.4, -0.2) is 10.1 Å². The molecule has 5 heteroatoms. The Morgan fingerprint density at radius 2 is 1.70 bits per heavy atom. The average molecular weight is 458 g/mol. The Balaban J connectivity index is 2.40. The van der Waals surface area contributed by atoms with Crippen molar-refractivity contribution in [2.75, 3.05) is 0 Å². The van der Waals surface area contributed by atoms with Crippen molar-refractivity contribution in [2.24, 2.45) is 0 Å². The standard InChI is InChI=1S/C15H8Br3NO/c16-10-7-11(17)15(20)13(18)12(10)9-5-1-3-8-4-2-6-19-14(8)9/h1-7,20H. The molecule has 0 aliphatic rings. The minimum absolute atomic E-state index is 0.177. The van der Waals surface area contributed by atoms with E-state index in [2.05, 4.69) is 52.8 Å². The van der Waals surface area contributed by atoms with Crippen LogP contribution < -0.4 is 0 Å². The van der Waals surface area contributed by atoms with E-state index >= 15 is 0 Å². The molecular formula is C15H8Br3NO. The predicted octanol–water partition coefficient (Wildman–Crippen LogP) is 5.89. The van der Waals surface area contributed by atoms with Gasteiger partial charge in [0.1, 0.15) is 5.75 Å². The third kappa shape index (κ3) is 2.28. The van der Waals surface area contributed by atoms with Crippen LogP contribution in [0.2, 0.25) is 0 Å². The lowest BCUT2D eigenvalue weighted by Crippen LogP contribution is -1.88. The van der Waals surface area contributed by atoms with Crippen LogP contribution in [0.1, 0.15) is 0 Å². The predicted molar refractivity (Wildman–Crippen MR) is 91.9 cm³/mol. The first kappa shape index (κ1) is 14.0. The summed E-state index contributed by atoms with van der Waals surface area (Å²) in [5, 5.41) is 11.2. The molecule has 0 saturated heterocycles. The zero-order valence-corrected chi connectivity index (χ0v) is 14.8. The number of rotatable bonds is 1. The van der Waals surface area contributed by atoms with Crippen molar-refractivity contribution in [3.63, 3.8) is 0 Å². The number of halogens is 3. The second-order valence-corrected chi connectivity index (χ2v) is 6.76. The van der Waals surface area contributed by atoms with Gasteiger partial charge in [0.15, 0.2) is 0 Å². The van der Waals surface area contributed by atoms with Crippen LogP contribution in [0.4, 0.5) is 0 Å². The molecule has 0 aliphatic carbocycles. The molecule has 3 aromatic rings. The van der Waals surface area contributed by atoms with Gasteiger partial charge in [-0.05, 0) is 44.0 Å². The highest BCUT2D eigenvalue weighted by atomic mass is 79.9. The summed E-state index contributed by atoms with van der Waals surface area (Å²) in [4.78, 5) is 4.46. The summed E-state index contributed by atoms with van der Waals surface area (Å²) in [6.07, 6.45) is 1.77. The Hall–Kier alpha value is -0.910. The summed E-state index contributed by atoms with van der Waals surface area (Å²) in [5.74, 6) is 0.177. The highest BCUT2D eigenvalue weighted by molar-refractivity contribution is 9.11. The van der Waals surface area contributed by atoms with Gasteiger partial charge >= 0.3 is 0 Å². The number of aromatic hydroxyl groups is 1. The highest BCUT2D eigenvalue weighted by Crippen LogP contribution is 2.45. The van der Waals surface area contributed by atoms with Crippen LogP contribution in [0, 0.1) is 0 Å². The third-order valence-electron chi connectivity index (χ3n) is 3.05. The lowest BCUT2D eigenvalue weighted by molar-refractivity contribution is 0.468. The molecule has 0 bridgehead atoms. The van der Waals surface area contributed by atoms with Crippen molar-refractivity contribution in [1.82, 2.24) is 4.98 Å². The molecule has 2 aromatic carbocycles. The number of pyridine rings is 1. The highest BCUT2D eigenvalue weighted by Gasteiger charge is 2.17. The summed E-state index contributed by atoms with van der Waals surface area (Å²) in [6, 6.07) is 11.8. The Morgan fingerprint density at radius 3 is 2.50 bits per heavy atom. The molecule has 0 fully saturated rings. The molecule has 1 heterocycles. The molecule has 0 amide bonds. The van der Waals surface area contributed by atoms with Crippen molar-refractivity contribution in [2.45, 2.75) is 0 Å². The molecular weight excluding hydrogens is 450 g/mol. The molecule has 3 rings (SSSR count). The van der Waals surface area contributed by atoms with Gasteiger partial charge < -0.3 is 5.11 Å². The summed E-state index contributed by atoms with van der Waals surface area (Å²) in [7, 11) is 0. The summed E-state index contributed by atoms with van der Waals surface area (Å²) in [5.41, 5.74) is 2.75. The number of hydrogen-bond acceptors (Lipinski definition) is 2. The fourth-order valence-electron chi connectivity index (χ4n) is 2.13. The smallest absolute Gasteiger partial charge is 0.144 e. The van der Waals surface area contributed by atoms with E-state index in [1.165, 1.54) is 0 Å². The molecule has 2 nitrogen and oxygen atoms in total. The minimum atomic E-state index is 0.177. The molecule has 20 heavy (non-hydrogen) atoms. The zero-order valence-electron chi connectivity index (χ0n) is 10.1. The monoisotopic (exact) mass is 455 g/mol. The summed E-state index contributed by atoms with van der Waals surface area (Å²) in [6.45, 7) is 0. The maximum atomic E-state index is 10.1. The van der Waals surface area contributed by atoms with E-state index in [-0.39, 0.29) is 5.75 Å². The first-order valence-electron chi connectivity index (χ1n) is 5.80. The van der Waals surface area contributed by atoms with E-state index in [1.807, 2.05) is 36.4 Å². The van der Waals surface area contributed by atoms with E-state index in [9.17, 15) is 5.11 Å². The largest absolute Gasteiger partial charge is 0.506 e.